The minimum Gasteiger partial charge on any atom is -0.496 e. The molecular weight excluding hydrogens is 464 g/mol. The molecule has 0 spiro atoms. The molecule has 3 aromatic carbocycles. The zero-order valence-corrected chi connectivity index (χ0v) is 21.5. The van der Waals surface area contributed by atoms with Gasteiger partial charge in [0.1, 0.15) is 5.75 Å². The molecule has 0 bridgehead atoms. The fraction of sp³-hybridized carbons (Fsp3) is 0.200. The smallest absolute Gasteiger partial charge is 0.331 e. The van der Waals surface area contributed by atoms with Crippen molar-refractivity contribution in [2.24, 2.45) is 14.1 Å². The van der Waals surface area contributed by atoms with E-state index in [2.05, 4.69) is 35.9 Å². The van der Waals surface area contributed by atoms with E-state index in [1.165, 1.54) is 11.6 Å². The Bertz CT molecular complexity index is 1830. The van der Waals surface area contributed by atoms with Crippen LogP contribution in [-0.4, -0.2) is 20.8 Å². The quantitative estimate of drug-likeness (QED) is 0.392. The van der Waals surface area contributed by atoms with Gasteiger partial charge in [0.15, 0.2) is 0 Å². The van der Waals surface area contributed by atoms with Crippen LogP contribution in [0.2, 0.25) is 0 Å². The van der Waals surface area contributed by atoms with Crippen LogP contribution in [0.4, 0.5) is 5.69 Å². The Hall–Kier alpha value is -4.52. The van der Waals surface area contributed by atoms with E-state index in [4.69, 9.17) is 4.74 Å². The van der Waals surface area contributed by atoms with Gasteiger partial charge in [-0.1, -0.05) is 48.5 Å². The Labute approximate surface area is 214 Å². The van der Waals surface area contributed by atoms with Crippen LogP contribution in [-0.2, 0) is 14.1 Å². The largest absolute Gasteiger partial charge is 0.496 e. The van der Waals surface area contributed by atoms with Crippen LogP contribution in [0.25, 0.3) is 27.8 Å². The van der Waals surface area contributed by atoms with Gasteiger partial charge >= 0.3 is 5.69 Å². The number of fused-ring (bicyclic) bond motifs is 5. The molecule has 1 atom stereocenters. The second-order valence-electron chi connectivity index (χ2n) is 9.64. The molecule has 0 aliphatic carbocycles. The first kappa shape index (κ1) is 22.9. The first-order valence-electron chi connectivity index (χ1n) is 12.2. The molecule has 1 aliphatic rings. The van der Waals surface area contributed by atoms with E-state index in [9.17, 15) is 9.59 Å². The molecule has 1 aliphatic heterocycles. The molecule has 5 aromatic rings. The van der Waals surface area contributed by atoms with E-state index in [1.54, 1.807) is 18.7 Å². The van der Waals surface area contributed by atoms with Crippen molar-refractivity contribution >= 4 is 16.6 Å². The van der Waals surface area contributed by atoms with E-state index in [1.807, 2.05) is 54.6 Å². The molecule has 1 N–H and O–H groups in total. The minimum absolute atomic E-state index is 0.317. The molecule has 0 fully saturated rings. The minimum atomic E-state index is -0.372. The second kappa shape index (κ2) is 8.27. The number of aromatic nitrogens is 3. The lowest BCUT2D eigenvalue weighted by molar-refractivity contribution is 0.408. The third kappa shape index (κ3) is 3.20. The highest BCUT2D eigenvalue weighted by Gasteiger charge is 2.36. The number of benzene rings is 3. The molecule has 7 heteroatoms. The number of hydrogen-bond acceptors (Lipinski definition) is 4. The summed E-state index contributed by atoms with van der Waals surface area (Å²) in [5.74, 6) is 0.725. The lowest BCUT2D eigenvalue weighted by Gasteiger charge is -2.32. The van der Waals surface area contributed by atoms with Crippen LogP contribution < -0.4 is 21.3 Å². The molecule has 6 rings (SSSR count). The number of hydrogen-bond donors (Lipinski definition) is 1. The van der Waals surface area contributed by atoms with Gasteiger partial charge in [0.05, 0.1) is 46.8 Å². The summed E-state index contributed by atoms with van der Waals surface area (Å²) in [7, 11) is 4.92. The highest BCUT2D eigenvalue weighted by molar-refractivity contribution is 5.99. The Balaban J connectivity index is 1.89. The lowest BCUT2D eigenvalue weighted by atomic mass is 9.97. The van der Waals surface area contributed by atoms with E-state index in [-0.39, 0.29) is 17.3 Å². The predicted octanol–water partition coefficient (Wildman–Crippen LogP) is 4.84. The van der Waals surface area contributed by atoms with Crippen LogP contribution in [0.15, 0.2) is 76.3 Å². The van der Waals surface area contributed by atoms with Crippen LogP contribution in [0.5, 0.6) is 5.75 Å². The molecule has 2 aromatic heterocycles. The van der Waals surface area contributed by atoms with Crippen molar-refractivity contribution < 1.29 is 4.74 Å². The average Bonchev–Trinajstić information content (AvgIpc) is 3.28. The number of aryl methyl sites for hydroxylation is 3. The monoisotopic (exact) mass is 492 g/mol. The number of nitrogens with one attached hydrogen (secondary N) is 1. The van der Waals surface area contributed by atoms with Crippen LogP contribution >= 0.6 is 0 Å². The molecule has 0 saturated heterocycles. The summed E-state index contributed by atoms with van der Waals surface area (Å²) in [5, 5.41) is 4.24. The van der Waals surface area contributed by atoms with E-state index >= 15 is 0 Å². The highest BCUT2D eigenvalue weighted by atomic mass is 16.5. The van der Waals surface area contributed by atoms with Gasteiger partial charge in [0, 0.05) is 19.7 Å². The highest BCUT2D eigenvalue weighted by Crippen LogP contribution is 2.47. The van der Waals surface area contributed by atoms with E-state index in [0.29, 0.717) is 10.9 Å². The third-order valence-electron chi connectivity index (χ3n) is 7.53. The SMILES string of the molecule is COc1ccccc1C1Nc2cc(C)c(C)cc2-n2c(-c3ccccc3)c3c(=O)n(C)c(=O)n(C)c3c21. The Kier molecular flexibility index (Phi) is 5.12. The van der Waals surface area contributed by atoms with E-state index < -0.39 is 0 Å². The number of rotatable bonds is 3. The Morgan fingerprint density at radius 2 is 1.54 bits per heavy atom. The summed E-state index contributed by atoms with van der Waals surface area (Å²) in [6.45, 7) is 4.18. The average molecular weight is 493 g/mol. The fourth-order valence-corrected chi connectivity index (χ4v) is 5.54. The van der Waals surface area contributed by atoms with Crippen molar-refractivity contribution in [2.45, 2.75) is 19.9 Å². The zero-order valence-electron chi connectivity index (χ0n) is 21.5. The van der Waals surface area contributed by atoms with Gasteiger partial charge < -0.3 is 14.6 Å². The summed E-state index contributed by atoms with van der Waals surface area (Å²) in [6.07, 6.45) is 0. The maximum absolute atomic E-state index is 13.8. The molecule has 186 valence electrons. The number of ether oxygens (including phenoxy) is 1. The van der Waals surface area contributed by atoms with Gasteiger partial charge in [-0.05, 0) is 48.7 Å². The number of anilines is 1. The molecule has 0 radical (unpaired) electrons. The lowest BCUT2D eigenvalue weighted by Crippen LogP contribution is -2.37. The zero-order chi connectivity index (χ0) is 26.0. The summed E-state index contributed by atoms with van der Waals surface area (Å²) >= 11 is 0. The second-order valence-corrected chi connectivity index (χ2v) is 9.64. The molecule has 3 heterocycles. The molecule has 0 amide bonds. The van der Waals surface area contributed by atoms with Gasteiger partial charge in [-0.3, -0.25) is 13.9 Å². The molecule has 0 saturated carbocycles. The molecule has 37 heavy (non-hydrogen) atoms. The number of para-hydroxylation sites is 1. The van der Waals surface area contributed by atoms with Crippen LogP contribution in [0, 0.1) is 13.8 Å². The first-order chi connectivity index (χ1) is 17.8. The van der Waals surface area contributed by atoms with Crippen molar-refractivity contribution in [3.63, 3.8) is 0 Å². The maximum Gasteiger partial charge on any atom is 0.331 e. The van der Waals surface area contributed by atoms with Gasteiger partial charge in [-0.25, -0.2) is 4.79 Å². The maximum atomic E-state index is 13.8. The summed E-state index contributed by atoms with van der Waals surface area (Å²) in [5.41, 5.74) is 7.54. The van der Waals surface area contributed by atoms with E-state index in [0.717, 1.165) is 50.8 Å². The van der Waals surface area contributed by atoms with Gasteiger partial charge in [-0.15, -0.1) is 0 Å². The fourth-order valence-electron chi connectivity index (χ4n) is 5.54. The first-order valence-corrected chi connectivity index (χ1v) is 12.2. The number of methoxy groups -OCH3 is 1. The van der Waals surface area contributed by atoms with Crippen LogP contribution in [0.1, 0.15) is 28.4 Å². The topological polar surface area (TPSA) is 70.2 Å². The summed E-state index contributed by atoms with van der Waals surface area (Å²) < 4.78 is 10.7. The standard InChI is InChI=1S/C30H28N4O3/c1-17-15-21-22(16-18(17)2)34-26(19-11-7-6-8-12-19)24-27(32(3)30(36)33(4)29(24)35)28(34)25(31-21)20-13-9-10-14-23(20)37-5/h6-16,25,31H,1-5H3. The van der Waals surface area contributed by atoms with Crippen molar-refractivity contribution in [3.05, 3.63) is 110 Å². The summed E-state index contributed by atoms with van der Waals surface area (Å²) in [6, 6.07) is 21.7. The van der Waals surface area contributed by atoms with Gasteiger partial charge in [0.2, 0.25) is 0 Å². The van der Waals surface area contributed by atoms with Crippen molar-refractivity contribution in [1.82, 2.24) is 13.7 Å². The van der Waals surface area contributed by atoms with Crippen molar-refractivity contribution in [3.8, 4) is 22.7 Å². The number of nitrogens with zero attached hydrogens (tertiary/aromatic N) is 3. The normalized spacial score (nSPS) is 14.2. The van der Waals surface area contributed by atoms with Crippen molar-refractivity contribution in [2.75, 3.05) is 12.4 Å². The molecular formula is C30H28N4O3. The van der Waals surface area contributed by atoms with Crippen LogP contribution in [0.3, 0.4) is 0 Å². The van der Waals surface area contributed by atoms with Gasteiger partial charge in [-0.2, -0.15) is 0 Å². The molecule has 1 unspecified atom stereocenters. The predicted molar refractivity (Wildman–Crippen MR) is 147 cm³/mol. The Morgan fingerprint density at radius 3 is 2.27 bits per heavy atom. The third-order valence-corrected chi connectivity index (χ3v) is 7.53. The Morgan fingerprint density at radius 1 is 0.865 bits per heavy atom. The summed E-state index contributed by atoms with van der Waals surface area (Å²) in [4.78, 5) is 27.0. The van der Waals surface area contributed by atoms with Gasteiger partial charge in [0.25, 0.3) is 5.56 Å². The van der Waals surface area contributed by atoms with Crippen molar-refractivity contribution in [1.29, 1.82) is 0 Å². The molecule has 7 nitrogen and oxygen atoms in total.